The van der Waals surface area contributed by atoms with E-state index in [9.17, 15) is 0 Å². The van der Waals surface area contributed by atoms with Crippen LogP contribution in [0.4, 0.5) is 0 Å². The van der Waals surface area contributed by atoms with Crippen LogP contribution in [0, 0.1) is 11.3 Å². The SMILES string of the molecule is CN(Cc1ccccc1C(=N)N)CC1CCOCC1. The van der Waals surface area contributed by atoms with E-state index in [1.165, 1.54) is 0 Å². The smallest absolute Gasteiger partial charge is 0.123 e. The van der Waals surface area contributed by atoms with Gasteiger partial charge in [0.1, 0.15) is 5.84 Å². The van der Waals surface area contributed by atoms with E-state index < -0.39 is 0 Å². The zero-order chi connectivity index (χ0) is 13.7. The Labute approximate surface area is 115 Å². The van der Waals surface area contributed by atoms with Gasteiger partial charge < -0.3 is 15.4 Å². The first-order valence-electron chi connectivity index (χ1n) is 6.85. The van der Waals surface area contributed by atoms with Gasteiger partial charge in [-0.3, -0.25) is 5.41 Å². The lowest BCUT2D eigenvalue weighted by molar-refractivity contribution is 0.0549. The molecule has 1 heterocycles. The third-order valence-corrected chi connectivity index (χ3v) is 3.66. The Kier molecular flexibility index (Phi) is 4.93. The molecule has 0 amide bonds. The van der Waals surface area contributed by atoms with E-state index in [-0.39, 0.29) is 5.84 Å². The lowest BCUT2D eigenvalue weighted by Crippen LogP contribution is -2.30. The second kappa shape index (κ2) is 6.68. The van der Waals surface area contributed by atoms with Crippen molar-refractivity contribution in [2.45, 2.75) is 19.4 Å². The highest BCUT2D eigenvalue weighted by Gasteiger charge is 2.16. The number of hydrogen-bond donors (Lipinski definition) is 2. The maximum Gasteiger partial charge on any atom is 0.123 e. The maximum atomic E-state index is 7.62. The molecule has 1 aliphatic rings. The summed E-state index contributed by atoms with van der Waals surface area (Å²) in [5.74, 6) is 0.873. The van der Waals surface area contributed by atoms with Gasteiger partial charge in [0.05, 0.1) is 0 Å². The molecular formula is C15H23N3O. The Hall–Kier alpha value is -1.39. The van der Waals surface area contributed by atoms with Crippen LogP contribution in [0.2, 0.25) is 0 Å². The van der Waals surface area contributed by atoms with Crippen molar-refractivity contribution in [1.29, 1.82) is 5.41 Å². The molecule has 0 saturated carbocycles. The fourth-order valence-electron chi connectivity index (χ4n) is 2.65. The van der Waals surface area contributed by atoms with Gasteiger partial charge in [0.2, 0.25) is 0 Å². The zero-order valence-electron chi connectivity index (χ0n) is 11.6. The van der Waals surface area contributed by atoms with Crippen molar-refractivity contribution in [2.24, 2.45) is 11.7 Å². The quantitative estimate of drug-likeness (QED) is 0.628. The molecule has 0 spiro atoms. The third-order valence-electron chi connectivity index (χ3n) is 3.66. The highest BCUT2D eigenvalue weighted by Crippen LogP contribution is 2.17. The van der Waals surface area contributed by atoms with Gasteiger partial charge in [0.15, 0.2) is 0 Å². The summed E-state index contributed by atoms with van der Waals surface area (Å²) < 4.78 is 5.39. The molecule has 19 heavy (non-hydrogen) atoms. The minimum Gasteiger partial charge on any atom is -0.384 e. The summed E-state index contributed by atoms with van der Waals surface area (Å²) in [6, 6.07) is 7.90. The number of nitrogens with two attached hydrogens (primary N) is 1. The summed E-state index contributed by atoms with van der Waals surface area (Å²) in [5, 5.41) is 7.62. The fraction of sp³-hybridized carbons (Fsp3) is 0.533. The van der Waals surface area contributed by atoms with Gasteiger partial charge in [0.25, 0.3) is 0 Å². The number of rotatable bonds is 5. The Balaban J connectivity index is 1.94. The molecule has 1 saturated heterocycles. The van der Waals surface area contributed by atoms with E-state index in [1.807, 2.05) is 18.2 Å². The monoisotopic (exact) mass is 261 g/mol. The van der Waals surface area contributed by atoms with Crippen molar-refractivity contribution in [3.8, 4) is 0 Å². The molecule has 1 aliphatic heterocycles. The van der Waals surface area contributed by atoms with E-state index in [0.29, 0.717) is 0 Å². The first kappa shape index (κ1) is 14.0. The van der Waals surface area contributed by atoms with Crippen LogP contribution < -0.4 is 5.73 Å². The predicted molar refractivity (Wildman–Crippen MR) is 77.3 cm³/mol. The van der Waals surface area contributed by atoms with Crippen LogP contribution in [-0.4, -0.2) is 37.5 Å². The number of ether oxygens (including phenoxy) is 1. The highest BCUT2D eigenvalue weighted by molar-refractivity contribution is 5.96. The van der Waals surface area contributed by atoms with Crippen LogP contribution in [-0.2, 0) is 11.3 Å². The normalized spacial score (nSPS) is 16.7. The minimum atomic E-state index is 0.148. The number of amidine groups is 1. The van der Waals surface area contributed by atoms with Crippen LogP contribution in [0.5, 0.6) is 0 Å². The van der Waals surface area contributed by atoms with Gasteiger partial charge in [0, 0.05) is 31.9 Å². The summed E-state index contributed by atoms with van der Waals surface area (Å²) in [4.78, 5) is 2.32. The first-order chi connectivity index (χ1) is 9.16. The molecule has 2 rings (SSSR count). The molecule has 104 valence electrons. The lowest BCUT2D eigenvalue weighted by atomic mass is 9.99. The molecule has 4 nitrogen and oxygen atoms in total. The molecular weight excluding hydrogens is 238 g/mol. The Morgan fingerprint density at radius 3 is 2.74 bits per heavy atom. The van der Waals surface area contributed by atoms with Crippen LogP contribution in [0.3, 0.4) is 0 Å². The van der Waals surface area contributed by atoms with Gasteiger partial charge in [-0.2, -0.15) is 0 Å². The van der Waals surface area contributed by atoms with Crippen LogP contribution >= 0.6 is 0 Å². The molecule has 0 radical (unpaired) electrons. The topological polar surface area (TPSA) is 62.3 Å². The van der Waals surface area contributed by atoms with Gasteiger partial charge in [-0.05, 0) is 31.4 Å². The van der Waals surface area contributed by atoms with Gasteiger partial charge >= 0.3 is 0 Å². The third kappa shape index (κ3) is 4.04. The standard InChI is InChI=1S/C15H23N3O/c1-18(10-12-6-8-19-9-7-12)11-13-4-2-3-5-14(13)15(16)17/h2-5,12H,6-11H2,1H3,(H3,16,17). The molecule has 4 heteroatoms. The second-order valence-electron chi connectivity index (χ2n) is 5.32. The van der Waals surface area contributed by atoms with Gasteiger partial charge in [-0.15, -0.1) is 0 Å². The second-order valence-corrected chi connectivity index (χ2v) is 5.32. The molecule has 0 aromatic heterocycles. The molecule has 1 aromatic rings. The molecule has 0 bridgehead atoms. The van der Waals surface area contributed by atoms with Crippen molar-refractivity contribution < 1.29 is 4.74 Å². The lowest BCUT2D eigenvalue weighted by Gasteiger charge is -2.27. The van der Waals surface area contributed by atoms with Crippen molar-refractivity contribution in [3.63, 3.8) is 0 Å². The fourth-order valence-corrected chi connectivity index (χ4v) is 2.65. The zero-order valence-corrected chi connectivity index (χ0v) is 11.6. The molecule has 0 aliphatic carbocycles. The Bertz CT molecular complexity index is 427. The number of nitrogens with one attached hydrogen (secondary N) is 1. The molecule has 0 unspecified atom stereocenters. The molecule has 1 fully saturated rings. The molecule has 3 N–H and O–H groups in total. The predicted octanol–water partition coefficient (Wildman–Crippen LogP) is 1.83. The average Bonchev–Trinajstić information content (AvgIpc) is 2.40. The van der Waals surface area contributed by atoms with Crippen LogP contribution in [0.1, 0.15) is 24.0 Å². The summed E-state index contributed by atoms with van der Waals surface area (Å²) in [7, 11) is 2.13. The summed E-state index contributed by atoms with van der Waals surface area (Å²) in [6.07, 6.45) is 2.30. The number of benzene rings is 1. The number of nitrogens with zero attached hydrogens (tertiary/aromatic N) is 1. The molecule has 0 atom stereocenters. The number of nitrogen functional groups attached to an aromatic ring is 1. The largest absolute Gasteiger partial charge is 0.384 e. The van der Waals surface area contributed by atoms with Crippen molar-refractivity contribution in [2.75, 3.05) is 26.8 Å². The molecule has 1 aromatic carbocycles. The van der Waals surface area contributed by atoms with Crippen molar-refractivity contribution >= 4 is 5.84 Å². The van der Waals surface area contributed by atoms with E-state index in [0.717, 1.165) is 56.2 Å². The minimum absolute atomic E-state index is 0.148. The van der Waals surface area contributed by atoms with Gasteiger partial charge in [-0.25, -0.2) is 0 Å². The van der Waals surface area contributed by atoms with E-state index >= 15 is 0 Å². The van der Waals surface area contributed by atoms with Gasteiger partial charge in [-0.1, -0.05) is 24.3 Å². The average molecular weight is 261 g/mol. The van der Waals surface area contributed by atoms with E-state index in [2.05, 4.69) is 18.0 Å². The Morgan fingerprint density at radius 2 is 2.05 bits per heavy atom. The van der Waals surface area contributed by atoms with Crippen molar-refractivity contribution in [3.05, 3.63) is 35.4 Å². The number of hydrogen-bond acceptors (Lipinski definition) is 3. The van der Waals surface area contributed by atoms with Crippen LogP contribution in [0.15, 0.2) is 24.3 Å². The Morgan fingerprint density at radius 1 is 1.37 bits per heavy atom. The van der Waals surface area contributed by atoms with Crippen LogP contribution in [0.25, 0.3) is 0 Å². The van der Waals surface area contributed by atoms with E-state index in [4.69, 9.17) is 15.9 Å². The summed E-state index contributed by atoms with van der Waals surface area (Å²) in [5.41, 5.74) is 7.60. The first-order valence-corrected chi connectivity index (χ1v) is 6.85. The summed E-state index contributed by atoms with van der Waals surface area (Å²) in [6.45, 7) is 3.70. The summed E-state index contributed by atoms with van der Waals surface area (Å²) >= 11 is 0. The van der Waals surface area contributed by atoms with E-state index in [1.54, 1.807) is 0 Å². The van der Waals surface area contributed by atoms with Crippen molar-refractivity contribution in [1.82, 2.24) is 4.90 Å². The maximum absolute atomic E-state index is 7.62. The highest BCUT2D eigenvalue weighted by atomic mass is 16.5.